The number of aromatic nitrogens is 1. The van der Waals surface area contributed by atoms with E-state index >= 15 is 0 Å². The van der Waals surface area contributed by atoms with E-state index in [1.165, 1.54) is 4.57 Å². The number of nitrogens with one attached hydrogen (secondary N) is 2. The zero-order chi connectivity index (χ0) is 14.4. The highest BCUT2D eigenvalue weighted by molar-refractivity contribution is 9.10. The number of urea groups is 1. The predicted molar refractivity (Wildman–Crippen MR) is 77.3 cm³/mol. The van der Waals surface area contributed by atoms with Crippen LogP contribution >= 0.6 is 15.9 Å². The van der Waals surface area contributed by atoms with Crippen molar-refractivity contribution >= 4 is 27.6 Å². The number of aliphatic hydroxyl groups excluding tert-OH is 1. The summed E-state index contributed by atoms with van der Waals surface area (Å²) in [5, 5.41) is 13.9. The van der Waals surface area contributed by atoms with Crippen molar-refractivity contribution in [2.75, 3.05) is 11.9 Å². The molecule has 0 radical (unpaired) electrons. The third kappa shape index (κ3) is 5.04. The third-order valence-corrected chi connectivity index (χ3v) is 3.00. The van der Waals surface area contributed by atoms with Crippen molar-refractivity contribution in [2.24, 2.45) is 7.05 Å². The highest BCUT2D eigenvalue weighted by Gasteiger charge is 2.10. The number of carbonyl (C=O) groups excluding carboxylic acids is 1. The molecule has 0 aromatic carbocycles. The number of halogens is 1. The molecule has 0 bridgehead atoms. The Hall–Kier alpha value is -1.34. The van der Waals surface area contributed by atoms with Crippen molar-refractivity contribution < 1.29 is 9.90 Å². The average molecular weight is 332 g/mol. The molecule has 3 N–H and O–H groups in total. The smallest absolute Gasteiger partial charge is 0.319 e. The first-order chi connectivity index (χ1) is 8.93. The van der Waals surface area contributed by atoms with Crippen molar-refractivity contribution in [3.05, 3.63) is 27.1 Å². The molecule has 0 fully saturated rings. The quantitative estimate of drug-likeness (QED) is 0.763. The van der Waals surface area contributed by atoms with Gasteiger partial charge in [0.05, 0.1) is 0 Å². The normalized spacial score (nSPS) is 12.0. The van der Waals surface area contributed by atoms with Gasteiger partial charge < -0.3 is 20.3 Å². The minimum atomic E-state index is -0.430. The highest BCUT2D eigenvalue weighted by Crippen LogP contribution is 2.11. The van der Waals surface area contributed by atoms with E-state index in [0.29, 0.717) is 17.3 Å². The van der Waals surface area contributed by atoms with Gasteiger partial charge in [0.2, 0.25) is 0 Å². The lowest BCUT2D eigenvalue weighted by Gasteiger charge is -2.14. The van der Waals surface area contributed by atoms with Crippen LogP contribution in [-0.2, 0) is 7.05 Å². The maximum Gasteiger partial charge on any atom is 0.319 e. The fraction of sp³-hybridized carbons (Fsp3) is 0.500. The number of rotatable bonds is 5. The SMILES string of the molecule is CC(CCCO)NC(=O)Nc1cc(Br)cn(C)c1=O. The van der Waals surface area contributed by atoms with Gasteiger partial charge in [-0.3, -0.25) is 4.79 Å². The Balaban J connectivity index is 2.65. The number of nitrogens with zero attached hydrogens (tertiary/aromatic N) is 1. The standard InChI is InChI=1S/C12H18BrN3O3/c1-8(4-3-5-17)14-12(19)15-10-6-9(13)7-16(2)11(10)18/h6-8,17H,3-5H2,1-2H3,(H2,14,15,19). The summed E-state index contributed by atoms with van der Waals surface area (Å²) in [5.74, 6) is 0. The average Bonchev–Trinajstić information content (AvgIpc) is 2.32. The molecule has 1 aromatic rings. The first-order valence-electron chi connectivity index (χ1n) is 5.98. The molecule has 1 aromatic heterocycles. The minimum absolute atomic E-state index is 0.0665. The van der Waals surface area contributed by atoms with Crippen LogP contribution in [0.5, 0.6) is 0 Å². The minimum Gasteiger partial charge on any atom is -0.396 e. The number of carbonyl (C=O) groups is 1. The lowest BCUT2D eigenvalue weighted by atomic mass is 10.2. The van der Waals surface area contributed by atoms with Crippen LogP contribution in [0.1, 0.15) is 19.8 Å². The zero-order valence-electron chi connectivity index (χ0n) is 10.9. The second-order valence-electron chi connectivity index (χ2n) is 4.35. The van der Waals surface area contributed by atoms with E-state index in [0.717, 1.165) is 0 Å². The van der Waals surface area contributed by atoms with Gasteiger partial charge in [-0.1, -0.05) is 0 Å². The van der Waals surface area contributed by atoms with E-state index in [9.17, 15) is 9.59 Å². The van der Waals surface area contributed by atoms with Crippen LogP contribution in [0.4, 0.5) is 10.5 Å². The molecule has 106 valence electrons. The summed E-state index contributed by atoms with van der Waals surface area (Å²) in [4.78, 5) is 23.5. The Bertz CT molecular complexity index is 501. The van der Waals surface area contributed by atoms with Crippen LogP contribution in [0.3, 0.4) is 0 Å². The van der Waals surface area contributed by atoms with Crippen molar-refractivity contribution in [1.29, 1.82) is 0 Å². The van der Waals surface area contributed by atoms with Gasteiger partial charge in [-0.2, -0.15) is 0 Å². The van der Waals surface area contributed by atoms with Gasteiger partial charge in [0.1, 0.15) is 5.69 Å². The maximum absolute atomic E-state index is 11.8. The molecular weight excluding hydrogens is 314 g/mol. The summed E-state index contributed by atoms with van der Waals surface area (Å²) in [7, 11) is 1.61. The number of hydrogen-bond acceptors (Lipinski definition) is 3. The predicted octanol–water partition coefficient (Wildman–Crippen LogP) is 1.43. The van der Waals surface area contributed by atoms with E-state index < -0.39 is 6.03 Å². The summed E-state index contributed by atoms with van der Waals surface area (Å²) < 4.78 is 2.09. The Labute approximate surface area is 120 Å². The fourth-order valence-electron chi connectivity index (χ4n) is 1.61. The van der Waals surface area contributed by atoms with Gasteiger partial charge in [-0.05, 0) is 41.8 Å². The summed E-state index contributed by atoms with van der Waals surface area (Å²) in [6, 6.07) is 1.06. The van der Waals surface area contributed by atoms with E-state index in [1.54, 1.807) is 19.3 Å². The molecule has 1 atom stereocenters. The highest BCUT2D eigenvalue weighted by atomic mass is 79.9. The van der Waals surface area contributed by atoms with Crippen LogP contribution < -0.4 is 16.2 Å². The first kappa shape index (κ1) is 15.7. The Kier molecular flexibility index (Phi) is 6.04. The van der Waals surface area contributed by atoms with Crippen LogP contribution in [0.25, 0.3) is 0 Å². The Morgan fingerprint density at radius 1 is 1.58 bits per heavy atom. The number of anilines is 1. The molecule has 0 saturated heterocycles. The molecule has 1 heterocycles. The van der Waals surface area contributed by atoms with Gasteiger partial charge in [0.25, 0.3) is 5.56 Å². The number of pyridine rings is 1. The molecule has 2 amide bonds. The molecular formula is C12H18BrN3O3. The topological polar surface area (TPSA) is 83.4 Å². The third-order valence-electron chi connectivity index (χ3n) is 2.57. The van der Waals surface area contributed by atoms with Crippen molar-refractivity contribution in [2.45, 2.75) is 25.8 Å². The van der Waals surface area contributed by atoms with E-state index in [2.05, 4.69) is 26.6 Å². The molecule has 0 aliphatic heterocycles. The second-order valence-corrected chi connectivity index (χ2v) is 5.27. The summed E-state index contributed by atoms with van der Waals surface area (Å²) in [5.41, 5.74) is -0.0647. The van der Waals surface area contributed by atoms with Crippen molar-refractivity contribution in [1.82, 2.24) is 9.88 Å². The van der Waals surface area contributed by atoms with Crippen LogP contribution in [0.15, 0.2) is 21.5 Å². The zero-order valence-corrected chi connectivity index (χ0v) is 12.5. The van der Waals surface area contributed by atoms with Gasteiger partial charge in [0.15, 0.2) is 0 Å². The summed E-state index contributed by atoms with van der Waals surface area (Å²) in [6.45, 7) is 1.94. The van der Waals surface area contributed by atoms with E-state index in [1.807, 2.05) is 6.92 Å². The maximum atomic E-state index is 11.8. The number of aliphatic hydroxyl groups is 1. The first-order valence-corrected chi connectivity index (χ1v) is 6.78. The molecule has 0 saturated carbocycles. The molecule has 7 heteroatoms. The lowest BCUT2D eigenvalue weighted by molar-refractivity contribution is 0.245. The Morgan fingerprint density at radius 3 is 2.89 bits per heavy atom. The van der Waals surface area contributed by atoms with Gasteiger partial charge >= 0.3 is 6.03 Å². The summed E-state index contributed by atoms with van der Waals surface area (Å²) >= 11 is 3.26. The summed E-state index contributed by atoms with van der Waals surface area (Å²) in [6.07, 6.45) is 2.93. The molecule has 0 aliphatic rings. The molecule has 1 rings (SSSR count). The molecule has 0 aliphatic carbocycles. The van der Waals surface area contributed by atoms with Gasteiger partial charge in [-0.15, -0.1) is 0 Å². The van der Waals surface area contributed by atoms with Crippen LogP contribution in [0, 0.1) is 0 Å². The van der Waals surface area contributed by atoms with E-state index in [-0.39, 0.29) is 23.9 Å². The number of hydrogen-bond donors (Lipinski definition) is 3. The van der Waals surface area contributed by atoms with Gasteiger partial charge in [0, 0.05) is 30.4 Å². The van der Waals surface area contributed by atoms with Crippen LogP contribution in [0.2, 0.25) is 0 Å². The molecule has 19 heavy (non-hydrogen) atoms. The number of amides is 2. The van der Waals surface area contributed by atoms with Crippen molar-refractivity contribution in [3.8, 4) is 0 Å². The lowest BCUT2D eigenvalue weighted by Crippen LogP contribution is -2.37. The number of aryl methyl sites for hydroxylation is 1. The molecule has 0 spiro atoms. The molecule has 6 nitrogen and oxygen atoms in total. The molecule has 1 unspecified atom stereocenters. The Morgan fingerprint density at radius 2 is 2.26 bits per heavy atom. The van der Waals surface area contributed by atoms with E-state index in [4.69, 9.17) is 5.11 Å². The van der Waals surface area contributed by atoms with Crippen LogP contribution in [-0.4, -0.2) is 28.4 Å². The largest absolute Gasteiger partial charge is 0.396 e. The fourth-order valence-corrected chi connectivity index (χ4v) is 2.15. The second kappa shape index (κ2) is 7.30. The monoisotopic (exact) mass is 331 g/mol. The van der Waals surface area contributed by atoms with Crippen molar-refractivity contribution in [3.63, 3.8) is 0 Å². The van der Waals surface area contributed by atoms with Gasteiger partial charge in [-0.25, -0.2) is 4.79 Å².